The number of nitrogens with zero attached hydrogens (tertiary/aromatic N) is 3. The summed E-state index contributed by atoms with van der Waals surface area (Å²) in [6, 6.07) is 15.7. The summed E-state index contributed by atoms with van der Waals surface area (Å²) in [5.41, 5.74) is 5.21. The number of benzene rings is 1. The Morgan fingerprint density at radius 1 is 0.714 bits per heavy atom. The Labute approximate surface area is 201 Å². The van der Waals surface area contributed by atoms with Crippen molar-refractivity contribution in [2.24, 2.45) is 9.98 Å². The molecule has 8 bridgehead atoms. The molecule has 4 aliphatic rings. The van der Waals surface area contributed by atoms with Gasteiger partial charge in [-0.2, -0.15) is 0 Å². The molecule has 0 saturated carbocycles. The molecule has 6 heteroatoms. The van der Waals surface area contributed by atoms with Crippen LogP contribution in [0.5, 0.6) is 0 Å². The van der Waals surface area contributed by atoms with Gasteiger partial charge in [-0.25, -0.2) is 9.98 Å². The number of nitrogens with one attached hydrogen (secondary N) is 2. The molecular weight excluding hydrogens is 434 g/mol. The zero-order valence-electron chi connectivity index (χ0n) is 18.7. The second kappa shape index (κ2) is 8.83. The summed E-state index contributed by atoms with van der Waals surface area (Å²) in [5.74, 6) is 0.0318. The predicted molar refractivity (Wildman–Crippen MR) is 140 cm³/mol. The van der Waals surface area contributed by atoms with E-state index in [4.69, 9.17) is 0 Å². The van der Waals surface area contributed by atoms with Gasteiger partial charge in [0, 0.05) is 34.1 Å². The van der Waals surface area contributed by atoms with E-state index in [1.165, 1.54) is 5.39 Å². The van der Waals surface area contributed by atoms with Crippen LogP contribution < -0.4 is 16.0 Å². The molecule has 7 rings (SSSR count). The van der Waals surface area contributed by atoms with Crippen molar-refractivity contribution in [3.8, 4) is 0 Å². The number of H-pyrrole nitrogens is 1. The van der Waals surface area contributed by atoms with E-state index in [1.54, 1.807) is 6.08 Å². The van der Waals surface area contributed by atoms with Gasteiger partial charge in [-0.15, -0.1) is 0 Å². The fourth-order valence-electron chi connectivity index (χ4n) is 4.13. The van der Waals surface area contributed by atoms with Crippen LogP contribution in [0.4, 0.5) is 0 Å². The number of para-hydroxylation sites is 1. The first-order chi connectivity index (χ1) is 17.2. The topological polar surface area (TPSA) is 82.5 Å². The minimum absolute atomic E-state index is 0.0318. The van der Waals surface area contributed by atoms with Crippen LogP contribution in [0.15, 0.2) is 124 Å². The van der Waals surface area contributed by atoms with Crippen molar-refractivity contribution in [3.05, 3.63) is 125 Å². The van der Waals surface area contributed by atoms with Crippen molar-refractivity contribution in [1.82, 2.24) is 15.3 Å². The SMILES string of the molecule is O=C1C=C2C=c3ccc([nH]3)=CC3=NC(=CC4=NC(=CC1N2)C=C4)C=C3.c1ccc2ncccc2c1. The maximum Gasteiger partial charge on any atom is 0.183 e. The highest BCUT2D eigenvalue weighted by atomic mass is 16.1. The van der Waals surface area contributed by atoms with Gasteiger partial charge in [0.2, 0.25) is 0 Å². The Morgan fingerprint density at radius 3 is 2.34 bits per heavy atom. The molecule has 0 fully saturated rings. The lowest BCUT2D eigenvalue weighted by Gasteiger charge is -2.06. The van der Waals surface area contributed by atoms with Gasteiger partial charge in [0.1, 0.15) is 6.04 Å². The molecule has 0 saturated heterocycles. The number of aliphatic imine (C=N–C) groups is 2. The minimum atomic E-state index is -0.383. The van der Waals surface area contributed by atoms with Crippen LogP contribution in [0.1, 0.15) is 0 Å². The lowest BCUT2D eigenvalue weighted by molar-refractivity contribution is -0.114. The molecule has 6 nitrogen and oxygen atoms in total. The summed E-state index contributed by atoms with van der Waals surface area (Å²) >= 11 is 0. The van der Waals surface area contributed by atoms with Gasteiger partial charge in [-0.05, 0) is 72.9 Å². The van der Waals surface area contributed by atoms with Crippen LogP contribution in [0.3, 0.4) is 0 Å². The maximum absolute atomic E-state index is 12.2. The van der Waals surface area contributed by atoms with E-state index < -0.39 is 0 Å². The highest BCUT2D eigenvalue weighted by molar-refractivity contribution is 6.19. The molecular formula is C29H21N5O. The van der Waals surface area contributed by atoms with Crippen molar-refractivity contribution >= 4 is 40.3 Å². The molecule has 3 aromatic rings. The summed E-state index contributed by atoms with van der Waals surface area (Å²) < 4.78 is 0. The standard InChI is InChI=1S/C20H14N4O.C9H7N/c25-20-11-18-9-16-4-3-14(22-16)7-12-1-2-13(21-12)8-15-5-6-17(23-15)10-19(20)24-18;1-2-6-9-8(4-1)5-3-7-10-9/h1-11,19,22,24H;1-7H. The fraction of sp³-hybridized carbons (Fsp3) is 0.0345. The van der Waals surface area contributed by atoms with Gasteiger partial charge >= 0.3 is 0 Å². The van der Waals surface area contributed by atoms with Gasteiger partial charge in [0.25, 0.3) is 0 Å². The largest absolute Gasteiger partial charge is 0.372 e. The second-order valence-corrected chi connectivity index (χ2v) is 8.38. The number of allylic oxidation sites excluding steroid dienone is 6. The number of hydrogen-bond acceptors (Lipinski definition) is 5. The third-order valence-electron chi connectivity index (χ3n) is 5.78. The highest BCUT2D eigenvalue weighted by Crippen LogP contribution is 2.17. The molecule has 0 spiro atoms. The molecule has 1 atom stereocenters. The molecule has 168 valence electrons. The molecule has 4 aliphatic heterocycles. The predicted octanol–water partition coefficient (Wildman–Crippen LogP) is 3.04. The molecule has 35 heavy (non-hydrogen) atoms. The molecule has 0 amide bonds. The Morgan fingerprint density at radius 2 is 1.46 bits per heavy atom. The fourth-order valence-corrected chi connectivity index (χ4v) is 4.13. The summed E-state index contributed by atoms with van der Waals surface area (Å²) in [6.45, 7) is 0. The molecule has 0 radical (unpaired) electrons. The van der Waals surface area contributed by atoms with Crippen molar-refractivity contribution in [1.29, 1.82) is 0 Å². The number of rotatable bonds is 0. The van der Waals surface area contributed by atoms with E-state index >= 15 is 0 Å². The summed E-state index contributed by atoms with van der Waals surface area (Å²) in [4.78, 5) is 28.8. The first-order valence-corrected chi connectivity index (χ1v) is 11.4. The van der Waals surface area contributed by atoms with Gasteiger partial charge in [0.15, 0.2) is 5.78 Å². The minimum Gasteiger partial charge on any atom is -0.372 e. The van der Waals surface area contributed by atoms with Crippen molar-refractivity contribution in [3.63, 3.8) is 0 Å². The zero-order valence-corrected chi connectivity index (χ0v) is 18.7. The lowest BCUT2D eigenvalue weighted by Crippen LogP contribution is -2.26. The number of carbonyl (C=O) groups excluding carboxylic acids is 1. The third kappa shape index (κ3) is 4.63. The quantitative estimate of drug-likeness (QED) is 0.547. The maximum atomic E-state index is 12.2. The number of aromatic amines is 1. The Balaban J connectivity index is 0.000000191. The summed E-state index contributed by atoms with van der Waals surface area (Å²) in [6.07, 6.45) is 18.9. The van der Waals surface area contributed by atoms with Crippen molar-refractivity contribution < 1.29 is 4.79 Å². The Bertz CT molecular complexity index is 1630. The Kier molecular flexibility index (Phi) is 5.24. The summed E-state index contributed by atoms with van der Waals surface area (Å²) in [5, 5.41) is 6.32. The molecule has 0 aliphatic carbocycles. The van der Waals surface area contributed by atoms with E-state index in [0.29, 0.717) is 0 Å². The number of pyridine rings is 1. The van der Waals surface area contributed by atoms with E-state index in [-0.39, 0.29) is 11.8 Å². The molecule has 2 aromatic heterocycles. The number of carbonyl (C=O) groups is 1. The van der Waals surface area contributed by atoms with E-state index in [1.807, 2.05) is 91.2 Å². The molecule has 6 heterocycles. The highest BCUT2D eigenvalue weighted by Gasteiger charge is 2.22. The van der Waals surface area contributed by atoms with E-state index in [0.717, 1.165) is 44.7 Å². The average molecular weight is 456 g/mol. The van der Waals surface area contributed by atoms with Crippen molar-refractivity contribution in [2.45, 2.75) is 6.04 Å². The normalized spacial score (nSPS) is 19.4. The molecule has 2 N–H and O–H groups in total. The van der Waals surface area contributed by atoms with Crippen molar-refractivity contribution in [2.75, 3.05) is 0 Å². The average Bonchev–Trinajstić information content (AvgIpc) is 3.66. The van der Waals surface area contributed by atoms with Crippen LogP contribution >= 0.6 is 0 Å². The summed E-state index contributed by atoms with van der Waals surface area (Å²) in [7, 11) is 0. The van der Waals surface area contributed by atoms with Gasteiger partial charge < -0.3 is 10.3 Å². The van der Waals surface area contributed by atoms with Crippen LogP contribution in [-0.4, -0.2) is 33.2 Å². The molecule has 1 unspecified atom stereocenters. The third-order valence-corrected chi connectivity index (χ3v) is 5.78. The van der Waals surface area contributed by atoms with Crippen LogP contribution in [0, 0.1) is 0 Å². The van der Waals surface area contributed by atoms with Gasteiger partial charge in [0.05, 0.1) is 28.3 Å². The monoisotopic (exact) mass is 455 g/mol. The zero-order chi connectivity index (χ0) is 23.6. The van der Waals surface area contributed by atoms with Crippen LogP contribution in [0.2, 0.25) is 0 Å². The smallest absolute Gasteiger partial charge is 0.183 e. The second-order valence-electron chi connectivity index (χ2n) is 8.38. The number of fused-ring (bicyclic) bond motifs is 7. The Hall–Kier alpha value is -4.84. The van der Waals surface area contributed by atoms with Crippen LogP contribution in [-0.2, 0) is 4.79 Å². The van der Waals surface area contributed by atoms with E-state index in [2.05, 4.69) is 37.4 Å². The van der Waals surface area contributed by atoms with E-state index in [9.17, 15) is 4.79 Å². The van der Waals surface area contributed by atoms with Gasteiger partial charge in [-0.1, -0.05) is 24.3 Å². The van der Waals surface area contributed by atoms with Gasteiger partial charge in [-0.3, -0.25) is 9.78 Å². The number of ketones is 1. The number of aromatic nitrogens is 2. The molecule has 1 aromatic carbocycles. The first kappa shape index (κ1) is 20.7. The first-order valence-electron chi connectivity index (χ1n) is 11.4. The lowest BCUT2D eigenvalue weighted by atomic mass is 10.2. The van der Waals surface area contributed by atoms with Crippen LogP contribution in [0.25, 0.3) is 23.1 Å². The number of hydrogen-bond donors (Lipinski definition) is 2.